The third kappa shape index (κ3) is 2.17. The molecule has 1 N–H and O–H groups in total. The summed E-state index contributed by atoms with van der Waals surface area (Å²) in [6.45, 7) is 1.42. The fourth-order valence-electron chi connectivity index (χ4n) is 1.60. The monoisotopic (exact) mass is 222 g/mol. The number of carbonyl (C=O) groups is 1. The van der Waals surface area contributed by atoms with Crippen molar-refractivity contribution in [2.24, 2.45) is 0 Å². The van der Waals surface area contributed by atoms with Crippen LogP contribution in [0.25, 0.3) is 0 Å². The predicted molar refractivity (Wildman–Crippen MR) is 58.1 cm³/mol. The summed E-state index contributed by atoms with van der Waals surface area (Å²) in [5, 5.41) is 10.6. The number of rotatable bonds is 2. The number of ether oxygens (including phenoxy) is 1. The smallest absolute Gasteiger partial charge is 0.247 e. The van der Waals surface area contributed by atoms with E-state index >= 15 is 0 Å². The summed E-state index contributed by atoms with van der Waals surface area (Å²) in [4.78, 5) is 13.7. The van der Waals surface area contributed by atoms with Crippen molar-refractivity contribution in [2.75, 3.05) is 31.7 Å². The first-order valence-corrected chi connectivity index (χ1v) is 5.17. The molecular formula is C10H14N4O2. The fourth-order valence-corrected chi connectivity index (χ4v) is 1.60. The first-order chi connectivity index (χ1) is 7.83. The van der Waals surface area contributed by atoms with E-state index in [-0.39, 0.29) is 11.9 Å². The van der Waals surface area contributed by atoms with Crippen molar-refractivity contribution < 1.29 is 9.53 Å². The lowest BCUT2D eigenvalue weighted by Crippen LogP contribution is -2.46. The number of likely N-dealkylation sites (N-methyl/N-ethyl adjacent to an activating group) is 1. The fraction of sp³-hybridized carbons (Fsp3) is 0.500. The van der Waals surface area contributed by atoms with Crippen LogP contribution in [0.5, 0.6) is 0 Å². The Kier molecular flexibility index (Phi) is 3.43. The lowest BCUT2D eigenvalue weighted by atomic mass is 10.2. The van der Waals surface area contributed by atoms with Crippen molar-refractivity contribution in [2.45, 2.75) is 6.04 Å². The molecule has 1 fully saturated rings. The molecule has 1 aromatic heterocycles. The second-order valence-electron chi connectivity index (χ2n) is 3.49. The Labute approximate surface area is 93.6 Å². The molecule has 2 rings (SSSR count). The van der Waals surface area contributed by atoms with Crippen LogP contribution >= 0.6 is 0 Å². The number of hydrogen-bond acceptors (Lipinski definition) is 5. The molecule has 0 aromatic carbocycles. The molecule has 6 heteroatoms. The summed E-state index contributed by atoms with van der Waals surface area (Å²) in [6.07, 6.45) is 1.58. The molecule has 1 aliphatic heterocycles. The zero-order chi connectivity index (χ0) is 11.4. The lowest BCUT2D eigenvalue weighted by Gasteiger charge is -2.21. The van der Waals surface area contributed by atoms with E-state index in [0.717, 1.165) is 0 Å². The summed E-state index contributed by atoms with van der Waals surface area (Å²) in [7, 11) is 1.74. The van der Waals surface area contributed by atoms with Crippen LogP contribution in [-0.4, -0.2) is 49.0 Å². The molecule has 1 unspecified atom stereocenters. The van der Waals surface area contributed by atoms with Crippen LogP contribution < -0.4 is 10.2 Å². The normalized spacial score (nSPS) is 21.9. The molecule has 1 saturated heterocycles. The summed E-state index contributed by atoms with van der Waals surface area (Å²) in [5.74, 6) is 0.541. The third-order valence-corrected chi connectivity index (χ3v) is 2.49. The van der Waals surface area contributed by atoms with Gasteiger partial charge in [-0.25, -0.2) is 0 Å². The summed E-state index contributed by atoms with van der Waals surface area (Å²) < 4.78 is 5.35. The van der Waals surface area contributed by atoms with E-state index in [1.54, 1.807) is 30.3 Å². The summed E-state index contributed by atoms with van der Waals surface area (Å²) in [6, 6.07) is 3.21. The van der Waals surface area contributed by atoms with Crippen LogP contribution in [-0.2, 0) is 9.53 Å². The van der Waals surface area contributed by atoms with Gasteiger partial charge in [0, 0.05) is 6.20 Å². The molecule has 86 valence electrons. The number of anilines is 1. The number of carbonyl (C=O) groups excluding carboxylic acids is 1. The van der Waals surface area contributed by atoms with Gasteiger partial charge < -0.3 is 10.1 Å². The van der Waals surface area contributed by atoms with Gasteiger partial charge >= 0.3 is 0 Å². The van der Waals surface area contributed by atoms with Crippen molar-refractivity contribution in [3.63, 3.8) is 0 Å². The maximum atomic E-state index is 12.1. The molecule has 2 heterocycles. The molecule has 0 bridgehead atoms. The van der Waals surface area contributed by atoms with Crippen molar-refractivity contribution >= 4 is 11.7 Å². The van der Waals surface area contributed by atoms with Gasteiger partial charge in [0.15, 0.2) is 5.82 Å². The van der Waals surface area contributed by atoms with Gasteiger partial charge in [0.05, 0.1) is 19.8 Å². The number of aromatic nitrogens is 2. The minimum atomic E-state index is -0.315. The Bertz CT molecular complexity index is 357. The van der Waals surface area contributed by atoms with Crippen LogP contribution in [0, 0.1) is 0 Å². The summed E-state index contributed by atoms with van der Waals surface area (Å²) >= 11 is 0. The molecule has 1 atom stereocenters. The average molecular weight is 222 g/mol. The van der Waals surface area contributed by atoms with Crippen LogP contribution in [0.15, 0.2) is 18.3 Å². The van der Waals surface area contributed by atoms with Crippen molar-refractivity contribution in [1.82, 2.24) is 15.5 Å². The minimum absolute atomic E-state index is 0.0273. The van der Waals surface area contributed by atoms with Gasteiger partial charge in [-0.05, 0) is 19.2 Å². The highest BCUT2D eigenvalue weighted by atomic mass is 16.5. The summed E-state index contributed by atoms with van der Waals surface area (Å²) in [5.41, 5.74) is 0. The Morgan fingerprint density at radius 1 is 1.62 bits per heavy atom. The van der Waals surface area contributed by atoms with Gasteiger partial charge in [-0.3, -0.25) is 9.69 Å². The highest BCUT2D eigenvalue weighted by Crippen LogP contribution is 2.12. The SMILES string of the molecule is CNC1COCCN(c2cccnn2)C1=O. The second-order valence-corrected chi connectivity index (χ2v) is 3.49. The Hall–Kier alpha value is -1.53. The van der Waals surface area contributed by atoms with Crippen LogP contribution in [0.3, 0.4) is 0 Å². The highest BCUT2D eigenvalue weighted by Gasteiger charge is 2.27. The van der Waals surface area contributed by atoms with Crippen molar-refractivity contribution in [1.29, 1.82) is 0 Å². The molecule has 0 spiro atoms. The average Bonchev–Trinajstić information content (AvgIpc) is 2.52. The Morgan fingerprint density at radius 2 is 2.50 bits per heavy atom. The van der Waals surface area contributed by atoms with Crippen LogP contribution in [0.2, 0.25) is 0 Å². The van der Waals surface area contributed by atoms with Gasteiger partial charge in [-0.15, -0.1) is 5.10 Å². The topological polar surface area (TPSA) is 67.3 Å². The van der Waals surface area contributed by atoms with E-state index in [0.29, 0.717) is 25.6 Å². The van der Waals surface area contributed by atoms with Crippen molar-refractivity contribution in [3.05, 3.63) is 18.3 Å². The van der Waals surface area contributed by atoms with Gasteiger partial charge in [-0.2, -0.15) is 5.10 Å². The third-order valence-electron chi connectivity index (χ3n) is 2.49. The Balaban J connectivity index is 2.22. The lowest BCUT2D eigenvalue weighted by molar-refractivity contribution is -0.120. The van der Waals surface area contributed by atoms with Gasteiger partial charge in [0.1, 0.15) is 6.04 Å². The minimum Gasteiger partial charge on any atom is -0.377 e. The second kappa shape index (κ2) is 5.00. The molecule has 0 saturated carbocycles. The number of nitrogens with one attached hydrogen (secondary N) is 1. The molecule has 0 aliphatic carbocycles. The zero-order valence-corrected chi connectivity index (χ0v) is 9.09. The first kappa shape index (κ1) is 11.0. The highest BCUT2D eigenvalue weighted by molar-refractivity contribution is 5.96. The quantitative estimate of drug-likeness (QED) is 0.725. The largest absolute Gasteiger partial charge is 0.377 e. The van der Waals surface area contributed by atoms with E-state index in [9.17, 15) is 4.79 Å². The van der Waals surface area contributed by atoms with E-state index in [2.05, 4.69) is 15.5 Å². The Morgan fingerprint density at radius 3 is 3.19 bits per heavy atom. The number of nitrogens with zero attached hydrogens (tertiary/aromatic N) is 3. The van der Waals surface area contributed by atoms with E-state index in [1.807, 2.05) is 0 Å². The van der Waals surface area contributed by atoms with Gasteiger partial charge in [0.25, 0.3) is 0 Å². The van der Waals surface area contributed by atoms with Crippen molar-refractivity contribution in [3.8, 4) is 0 Å². The molecule has 0 radical (unpaired) electrons. The van der Waals surface area contributed by atoms with E-state index < -0.39 is 0 Å². The standard InChI is InChI=1S/C10H14N4O2/c1-11-8-7-16-6-5-14(10(8)15)9-3-2-4-12-13-9/h2-4,8,11H,5-7H2,1H3. The molecule has 1 amide bonds. The van der Waals surface area contributed by atoms with Crippen LogP contribution in [0.4, 0.5) is 5.82 Å². The molecule has 16 heavy (non-hydrogen) atoms. The van der Waals surface area contributed by atoms with Gasteiger partial charge in [-0.1, -0.05) is 0 Å². The number of hydrogen-bond donors (Lipinski definition) is 1. The predicted octanol–water partition coefficient (Wildman–Crippen LogP) is -0.572. The van der Waals surface area contributed by atoms with E-state index in [4.69, 9.17) is 4.74 Å². The molecular weight excluding hydrogens is 208 g/mol. The van der Waals surface area contributed by atoms with Crippen LogP contribution in [0.1, 0.15) is 0 Å². The number of amides is 1. The first-order valence-electron chi connectivity index (χ1n) is 5.17. The maximum Gasteiger partial charge on any atom is 0.247 e. The molecule has 1 aromatic rings. The van der Waals surface area contributed by atoms with E-state index in [1.165, 1.54) is 0 Å². The zero-order valence-electron chi connectivity index (χ0n) is 9.09. The molecule has 6 nitrogen and oxygen atoms in total. The van der Waals surface area contributed by atoms with Gasteiger partial charge in [0.2, 0.25) is 5.91 Å². The maximum absolute atomic E-state index is 12.1. The molecule has 1 aliphatic rings.